The molecule has 1 N–H and O–H groups in total. The third-order valence-electron chi connectivity index (χ3n) is 3.62. The largest absolute Gasteiger partial charge is 0.486 e. The van der Waals surface area contributed by atoms with E-state index in [2.05, 4.69) is 0 Å². The molecule has 0 aromatic heterocycles. The molecule has 104 valence electrons. The lowest BCUT2D eigenvalue weighted by molar-refractivity contribution is -0.138. The predicted octanol–water partition coefficient (Wildman–Crippen LogP) is 2.83. The van der Waals surface area contributed by atoms with Crippen molar-refractivity contribution in [2.24, 2.45) is 0 Å². The minimum absolute atomic E-state index is 0.0626. The summed E-state index contributed by atoms with van der Waals surface area (Å²) in [5.41, 5.74) is 2.63. The Balaban J connectivity index is 2.60. The van der Waals surface area contributed by atoms with Crippen LogP contribution in [0.1, 0.15) is 37.0 Å². The molecule has 0 aliphatic carbocycles. The fourth-order valence-electron chi connectivity index (χ4n) is 2.69. The molecule has 1 aliphatic heterocycles. The fourth-order valence-corrected chi connectivity index (χ4v) is 2.69. The number of carbonyl (C=O) groups is 1. The molecule has 4 nitrogen and oxygen atoms in total. The van der Waals surface area contributed by atoms with Crippen molar-refractivity contribution in [2.45, 2.75) is 39.5 Å². The SMILES string of the molecule is Cc1cc2c(c(C(C)(C)CC(=O)O)c1C)OCCO2. The molecule has 0 saturated carbocycles. The van der Waals surface area contributed by atoms with Gasteiger partial charge >= 0.3 is 5.97 Å². The van der Waals surface area contributed by atoms with Crippen LogP contribution >= 0.6 is 0 Å². The van der Waals surface area contributed by atoms with Gasteiger partial charge in [-0.15, -0.1) is 0 Å². The van der Waals surface area contributed by atoms with Crippen LogP contribution in [0.5, 0.6) is 11.5 Å². The number of rotatable bonds is 3. The molecule has 0 fully saturated rings. The standard InChI is InChI=1S/C15H20O4/c1-9-7-11-14(19-6-5-18-11)13(10(9)2)15(3,4)8-12(16)17/h7H,5-6,8H2,1-4H3,(H,16,17). The number of hydrogen-bond acceptors (Lipinski definition) is 3. The fraction of sp³-hybridized carbons (Fsp3) is 0.533. The van der Waals surface area contributed by atoms with E-state index in [1.165, 1.54) is 0 Å². The zero-order chi connectivity index (χ0) is 14.2. The monoisotopic (exact) mass is 264 g/mol. The van der Waals surface area contributed by atoms with Crippen LogP contribution in [0.2, 0.25) is 0 Å². The second kappa shape index (κ2) is 4.76. The van der Waals surface area contributed by atoms with Crippen LogP contribution in [-0.4, -0.2) is 24.3 Å². The van der Waals surface area contributed by atoms with Crippen LogP contribution in [0.25, 0.3) is 0 Å². The van der Waals surface area contributed by atoms with Gasteiger partial charge in [0, 0.05) is 11.0 Å². The Labute approximate surface area is 113 Å². The molecule has 0 spiro atoms. The van der Waals surface area contributed by atoms with Crippen molar-refractivity contribution < 1.29 is 19.4 Å². The number of aliphatic carboxylic acids is 1. The van der Waals surface area contributed by atoms with Crippen molar-refractivity contribution in [2.75, 3.05) is 13.2 Å². The van der Waals surface area contributed by atoms with Crippen molar-refractivity contribution in [3.8, 4) is 11.5 Å². The minimum Gasteiger partial charge on any atom is -0.486 e. The van der Waals surface area contributed by atoms with Gasteiger partial charge in [-0.05, 0) is 31.0 Å². The Morgan fingerprint density at radius 2 is 1.95 bits per heavy atom. The maximum Gasteiger partial charge on any atom is 0.304 e. The van der Waals surface area contributed by atoms with Crippen LogP contribution in [-0.2, 0) is 10.2 Å². The maximum absolute atomic E-state index is 11.1. The molecule has 0 amide bonds. The van der Waals surface area contributed by atoms with E-state index in [0.29, 0.717) is 19.0 Å². The topological polar surface area (TPSA) is 55.8 Å². The van der Waals surface area contributed by atoms with E-state index in [4.69, 9.17) is 14.6 Å². The van der Waals surface area contributed by atoms with E-state index in [0.717, 1.165) is 22.4 Å². The Kier molecular flexibility index (Phi) is 3.43. The Morgan fingerprint density at radius 1 is 1.32 bits per heavy atom. The van der Waals surface area contributed by atoms with E-state index in [9.17, 15) is 4.79 Å². The van der Waals surface area contributed by atoms with Gasteiger partial charge < -0.3 is 14.6 Å². The number of carboxylic acid groups (broad SMARTS) is 1. The van der Waals surface area contributed by atoms with E-state index in [1.807, 2.05) is 33.8 Å². The van der Waals surface area contributed by atoms with E-state index >= 15 is 0 Å². The van der Waals surface area contributed by atoms with Gasteiger partial charge in [0.15, 0.2) is 11.5 Å². The van der Waals surface area contributed by atoms with Gasteiger partial charge in [-0.1, -0.05) is 13.8 Å². The Morgan fingerprint density at radius 3 is 2.58 bits per heavy atom. The average Bonchev–Trinajstić information content (AvgIpc) is 2.28. The first-order chi connectivity index (χ1) is 8.83. The Hall–Kier alpha value is -1.71. The molecular weight excluding hydrogens is 244 g/mol. The van der Waals surface area contributed by atoms with Crippen LogP contribution in [0.15, 0.2) is 6.07 Å². The predicted molar refractivity (Wildman–Crippen MR) is 72.2 cm³/mol. The molecule has 0 unspecified atom stereocenters. The van der Waals surface area contributed by atoms with Gasteiger partial charge in [-0.3, -0.25) is 4.79 Å². The molecule has 0 radical (unpaired) electrons. The second-order valence-corrected chi connectivity index (χ2v) is 5.67. The lowest BCUT2D eigenvalue weighted by atomic mass is 9.77. The van der Waals surface area contributed by atoms with Gasteiger partial charge in [0.25, 0.3) is 0 Å². The number of benzene rings is 1. The first-order valence-corrected chi connectivity index (χ1v) is 6.45. The van der Waals surface area contributed by atoms with Gasteiger partial charge in [-0.2, -0.15) is 0 Å². The zero-order valence-corrected chi connectivity index (χ0v) is 11.9. The van der Waals surface area contributed by atoms with Crippen molar-refractivity contribution >= 4 is 5.97 Å². The van der Waals surface area contributed by atoms with Crippen LogP contribution in [0.4, 0.5) is 0 Å². The highest BCUT2D eigenvalue weighted by Crippen LogP contribution is 2.45. The van der Waals surface area contributed by atoms with E-state index < -0.39 is 11.4 Å². The molecule has 0 bridgehead atoms. The summed E-state index contributed by atoms with van der Waals surface area (Å²) in [4.78, 5) is 11.1. The number of aryl methyl sites for hydroxylation is 1. The third kappa shape index (κ3) is 2.53. The van der Waals surface area contributed by atoms with Crippen molar-refractivity contribution in [1.82, 2.24) is 0 Å². The van der Waals surface area contributed by atoms with Gasteiger partial charge in [0.2, 0.25) is 0 Å². The summed E-state index contributed by atoms with van der Waals surface area (Å²) in [6.07, 6.45) is 0.0626. The van der Waals surface area contributed by atoms with E-state index in [-0.39, 0.29) is 6.42 Å². The minimum atomic E-state index is -0.809. The third-order valence-corrected chi connectivity index (χ3v) is 3.62. The van der Waals surface area contributed by atoms with Crippen molar-refractivity contribution in [1.29, 1.82) is 0 Å². The number of carboxylic acids is 1. The summed E-state index contributed by atoms with van der Waals surface area (Å²) < 4.78 is 11.4. The Bertz CT molecular complexity index is 517. The summed E-state index contributed by atoms with van der Waals surface area (Å²) in [5, 5.41) is 9.10. The summed E-state index contributed by atoms with van der Waals surface area (Å²) in [6, 6.07) is 1.96. The van der Waals surface area contributed by atoms with Crippen molar-refractivity contribution in [3.63, 3.8) is 0 Å². The summed E-state index contributed by atoms with van der Waals surface area (Å²) in [5.74, 6) is 0.625. The second-order valence-electron chi connectivity index (χ2n) is 5.67. The van der Waals surface area contributed by atoms with Crippen LogP contribution in [0.3, 0.4) is 0 Å². The molecule has 2 rings (SSSR count). The molecule has 0 saturated heterocycles. The van der Waals surface area contributed by atoms with Gasteiger partial charge in [-0.25, -0.2) is 0 Å². The molecule has 1 aromatic rings. The molecule has 0 atom stereocenters. The zero-order valence-electron chi connectivity index (χ0n) is 11.9. The molecule has 19 heavy (non-hydrogen) atoms. The molecule has 1 heterocycles. The smallest absolute Gasteiger partial charge is 0.304 e. The first kappa shape index (κ1) is 13.7. The summed E-state index contributed by atoms with van der Waals surface area (Å²) >= 11 is 0. The van der Waals surface area contributed by atoms with E-state index in [1.54, 1.807) is 0 Å². The molecule has 1 aliphatic rings. The van der Waals surface area contributed by atoms with Crippen molar-refractivity contribution in [3.05, 3.63) is 22.8 Å². The van der Waals surface area contributed by atoms with Crippen LogP contribution < -0.4 is 9.47 Å². The molecule has 1 aromatic carbocycles. The molecular formula is C15H20O4. The average molecular weight is 264 g/mol. The van der Waals surface area contributed by atoms with Gasteiger partial charge in [0.05, 0.1) is 6.42 Å². The first-order valence-electron chi connectivity index (χ1n) is 6.45. The summed E-state index contributed by atoms with van der Waals surface area (Å²) in [7, 11) is 0. The number of fused-ring (bicyclic) bond motifs is 1. The van der Waals surface area contributed by atoms with Gasteiger partial charge in [0.1, 0.15) is 13.2 Å². The normalized spacial score (nSPS) is 14.3. The number of ether oxygens (including phenoxy) is 2. The van der Waals surface area contributed by atoms with Crippen LogP contribution in [0, 0.1) is 13.8 Å². The highest BCUT2D eigenvalue weighted by Gasteiger charge is 2.33. The molecule has 4 heteroatoms. The maximum atomic E-state index is 11.1. The highest BCUT2D eigenvalue weighted by molar-refractivity contribution is 5.70. The lowest BCUT2D eigenvalue weighted by Crippen LogP contribution is -2.27. The highest BCUT2D eigenvalue weighted by atomic mass is 16.6. The quantitative estimate of drug-likeness (QED) is 0.912. The number of hydrogen-bond donors (Lipinski definition) is 1. The lowest BCUT2D eigenvalue weighted by Gasteiger charge is -2.31. The summed E-state index contributed by atoms with van der Waals surface area (Å²) in [6.45, 7) is 8.92.